The van der Waals surface area contributed by atoms with Gasteiger partial charge in [-0.05, 0) is 24.1 Å². The Morgan fingerprint density at radius 2 is 2.12 bits per heavy atom. The standard InChI is InChI=1S/C18H19N5O2/c24-17(22-25)6-5-12-9-19-18(20-10-12)23-8-7-14-13-3-1-2-4-15(13)21-16(14)11-23/h1-6,9-10,14,16,21,25H,7-8,11H2,(H,22,24)/b6-5+. The molecule has 2 aliphatic heterocycles. The highest BCUT2D eigenvalue weighted by molar-refractivity contribution is 5.90. The number of hydrogen-bond acceptors (Lipinski definition) is 6. The van der Waals surface area contributed by atoms with Crippen LogP contribution in [0.5, 0.6) is 0 Å². The molecule has 128 valence electrons. The topological polar surface area (TPSA) is 90.4 Å². The highest BCUT2D eigenvalue weighted by atomic mass is 16.5. The Morgan fingerprint density at radius 1 is 1.32 bits per heavy atom. The van der Waals surface area contributed by atoms with Crippen molar-refractivity contribution in [2.75, 3.05) is 23.3 Å². The van der Waals surface area contributed by atoms with Gasteiger partial charge in [0.1, 0.15) is 0 Å². The van der Waals surface area contributed by atoms with E-state index >= 15 is 0 Å². The number of rotatable bonds is 3. The predicted molar refractivity (Wildman–Crippen MR) is 94.4 cm³/mol. The van der Waals surface area contributed by atoms with E-state index in [1.165, 1.54) is 17.3 Å². The molecule has 1 fully saturated rings. The van der Waals surface area contributed by atoms with Crippen LogP contribution >= 0.6 is 0 Å². The molecule has 0 bridgehead atoms. The van der Waals surface area contributed by atoms with Gasteiger partial charge in [0.15, 0.2) is 0 Å². The van der Waals surface area contributed by atoms with Crippen LogP contribution in [0.3, 0.4) is 0 Å². The quantitative estimate of drug-likeness (QED) is 0.449. The maximum Gasteiger partial charge on any atom is 0.267 e. The Bertz CT molecular complexity index is 805. The van der Waals surface area contributed by atoms with Crippen molar-refractivity contribution in [3.63, 3.8) is 0 Å². The van der Waals surface area contributed by atoms with Crippen LogP contribution in [0.2, 0.25) is 0 Å². The van der Waals surface area contributed by atoms with Gasteiger partial charge in [-0.1, -0.05) is 18.2 Å². The van der Waals surface area contributed by atoms with Crippen LogP contribution in [-0.2, 0) is 4.79 Å². The number of hydroxylamine groups is 1. The number of benzene rings is 1. The van der Waals surface area contributed by atoms with Gasteiger partial charge in [-0.25, -0.2) is 15.4 Å². The van der Waals surface area contributed by atoms with Crippen LogP contribution in [0.25, 0.3) is 6.08 Å². The lowest BCUT2D eigenvalue weighted by atomic mass is 9.88. The second-order valence-corrected chi connectivity index (χ2v) is 6.31. The van der Waals surface area contributed by atoms with Gasteiger partial charge in [-0.2, -0.15) is 0 Å². The lowest BCUT2D eigenvalue weighted by molar-refractivity contribution is -0.124. The van der Waals surface area contributed by atoms with Crippen LogP contribution in [0.1, 0.15) is 23.5 Å². The van der Waals surface area contributed by atoms with Crippen LogP contribution in [0.4, 0.5) is 11.6 Å². The average molecular weight is 337 g/mol. The zero-order chi connectivity index (χ0) is 17.2. The number of anilines is 2. The first-order valence-corrected chi connectivity index (χ1v) is 8.29. The van der Waals surface area contributed by atoms with E-state index in [9.17, 15) is 4.79 Å². The van der Waals surface area contributed by atoms with E-state index in [2.05, 4.69) is 44.5 Å². The zero-order valence-corrected chi connectivity index (χ0v) is 13.6. The van der Waals surface area contributed by atoms with E-state index in [-0.39, 0.29) is 0 Å². The molecule has 0 spiro atoms. The first kappa shape index (κ1) is 15.6. The lowest BCUT2D eigenvalue weighted by Crippen LogP contribution is -2.44. The van der Waals surface area contributed by atoms with E-state index in [0.29, 0.717) is 23.5 Å². The van der Waals surface area contributed by atoms with Crippen LogP contribution < -0.4 is 15.7 Å². The number of piperidine rings is 1. The van der Waals surface area contributed by atoms with E-state index < -0.39 is 5.91 Å². The summed E-state index contributed by atoms with van der Waals surface area (Å²) in [5, 5.41) is 12.1. The fourth-order valence-electron chi connectivity index (χ4n) is 3.59. The summed E-state index contributed by atoms with van der Waals surface area (Å²) in [5.74, 6) is 0.657. The summed E-state index contributed by atoms with van der Waals surface area (Å²) in [6.07, 6.45) is 7.19. The minimum absolute atomic E-state index is 0.377. The summed E-state index contributed by atoms with van der Waals surface area (Å²) in [6, 6.07) is 8.89. The smallest absolute Gasteiger partial charge is 0.267 e. The van der Waals surface area contributed by atoms with E-state index in [0.717, 1.165) is 19.5 Å². The van der Waals surface area contributed by atoms with Crippen molar-refractivity contribution in [1.29, 1.82) is 0 Å². The predicted octanol–water partition coefficient (Wildman–Crippen LogP) is 1.78. The first-order chi connectivity index (χ1) is 12.2. The fourth-order valence-corrected chi connectivity index (χ4v) is 3.59. The monoisotopic (exact) mass is 337 g/mol. The summed E-state index contributed by atoms with van der Waals surface area (Å²) in [6.45, 7) is 1.78. The number of fused-ring (bicyclic) bond motifs is 3. The summed E-state index contributed by atoms with van der Waals surface area (Å²) in [5.41, 5.74) is 4.90. The highest BCUT2D eigenvalue weighted by Crippen LogP contribution is 2.40. The molecule has 2 aromatic rings. The molecule has 0 aliphatic carbocycles. The Hall–Kier alpha value is -2.93. The number of nitrogens with one attached hydrogen (secondary N) is 2. The zero-order valence-electron chi connectivity index (χ0n) is 13.6. The number of nitrogens with zero attached hydrogens (tertiary/aromatic N) is 3. The Kier molecular flexibility index (Phi) is 4.07. The minimum atomic E-state index is -0.585. The first-order valence-electron chi connectivity index (χ1n) is 8.29. The van der Waals surface area contributed by atoms with E-state index in [1.54, 1.807) is 23.9 Å². The normalized spacial score (nSPS) is 21.6. The molecule has 4 rings (SSSR count). The molecule has 3 heterocycles. The molecular weight excluding hydrogens is 318 g/mol. The molecule has 1 amide bonds. The van der Waals surface area contributed by atoms with Gasteiger partial charge in [-0.15, -0.1) is 0 Å². The molecule has 2 unspecified atom stereocenters. The van der Waals surface area contributed by atoms with Gasteiger partial charge in [0, 0.05) is 48.7 Å². The molecule has 1 aromatic carbocycles. The lowest BCUT2D eigenvalue weighted by Gasteiger charge is -2.35. The van der Waals surface area contributed by atoms with Crippen molar-refractivity contribution in [3.05, 3.63) is 53.9 Å². The average Bonchev–Trinajstić information content (AvgIpc) is 3.04. The Labute approximate surface area is 145 Å². The number of carbonyl (C=O) groups is 1. The largest absolute Gasteiger partial charge is 0.380 e. The molecule has 0 saturated carbocycles. The second kappa shape index (κ2) is 6.52. The Balaban J connectivity index is 1.44. The number of aromatic nitrogens is 2. The molecule has 3 N–H and O–H groups in total. The van der Waals surface area contributed by atoms with Crippen molar-refractivity contribution in [2.24, 2.45) is 0 Å². The summed E-state index contributed by atoms with van der Waals surface area (Å²) >= 11 is 0. The molecule has 2 aliphatic rings. The van der Waals surface area contributed by atoms with Crippen molar-refractivity contribution in [2.45, 2.75) is 18.4 Å². The van der Waals surface area contributed by atoms with Crippen molar-refractivity contribution >= 4 is 23.6 Å². The third-order valence-electron chi connectivity index (χ3n) is 4.79. The van der Waals surface area contributed by atoms with Crippen LogP contribution in [0, 0.1) is 0 Å². The molecule has 7 heteroatoms. The van der Waals surface area contributed by atoms with Crippen LogP contribution in [-0.4, -0.2) is 40.2 Å². The summed E-state index contributed by atoms with van der Waals surface area (Å²) < 4.78 is 0. The SMILES string of the molecule is O=C(/C=C/c1cnc(N2CCC3c4ccccc4NC3C2)nc1)NO. The molecule has 1 aromatic heterocycles. The number of para-hydroxylation sites is 1. The summed E-state index contributed by atoms with van der Waals surface area (Å²) in [4.78, 5) is 22.0. The van der Waals surface area contributed by atoms with Crippen LogP contribution in [0.15, 0.2) is 42.7 Å². The van der Waals surface area contributed by atoms with Crippen molar-refractivity contribution < 1.29 is 10.0 Å². The second-order valence-electron chi connectivity index (χ2n) is 6.31. The third-order valence-corrected chi connectivity index (χ3v) is 4.79. The molecule has 1 saturated heterocycles. The van der Waals surface area contributed by atoms with Gasteiger partial charge in [0.05, 0.1) is 6.04 Å². The molecule has 2 atom stereocenters. The highest BCUT2D eigenvalue weighted by Gasteiger charge is 2.36. The third kappa shape index (κ3) is 3.06. The van der Waals surface area contributed by atoms with E-state index in [4.69, 9.17) is 5.21 Å². The van der Waals surface area contributed by atoms with Gasteiger partial charge in [0.2, 0.25) is 5.95 Å². The van der Waals surface area contributed by atoms with Crippen molar-refractivity contribution in [1.82, 2.24) is 15.4 Å². The maximum atomic E-state index is 11.0. The number of amides is 1. The van der Waals surface area contributed by atoms with Gasteiger partial charge in [-0.3, -0.25) is 10.0 Å². The van der Waals surface area contributed by atoms with Gasteiger partial charge < -0.3 is 10.2 Å². The number of carbonyl (C=O) groups excluding carboxylic acids is 1. The maximum absolute atomic E-state index is 11.0. The number of hydrogen-bond donors (Lipinski definition) is 3. The molecule has 25 heavy (non-hydrogen) atoms. The summed E-state index contributed by atoms with van der Waals surface area (Å²) in [7, 11) is 0. The van der Waals surface area contributed by atoms with Gasteiger partial charge in [0.25, 0.3) is 5.91 Å². The molecule has 7 nitrogen and oxygen atoms in total. The Morgan fingerprint density at radius 3 is 2.92 bits per heavy atom. The molecule has 0 radical (unpaired) electrons. The van der Waals surface area contributed by atoms with Gasteiger partial charge >= 0.3 is 0 Å². The van der Waals surface area contributed by atoms with E-state index in [1.807, 2.05) is 0 Å². The molecular formula is C18H19N5O2. The fraction of sp³-hybridized carbons (Fsp3) is 0.278. The van der Waals surface area contributed by atoms with Crippen molar-refractivity contribution in [3.8, 4) is 0 Å². The minimum Gasteiger partial charge on any atom is -0.380 e.